The van der Waals surface area contributed by atoms with Gasteiger partial charge < -0.3 is 5.53 Å². The molecular formula is C35H46N2Ni. The van der Waals surface area contributed by atoms with Gasteiger partial charge in [0.15, 0.2) is 0 Å². The maximum Gasteiger partial charge on any atom is 0.223 e. The Hall–Kier alpha value is -2.43. The summed E-state index contributed by atoms with van der Waals surface area (Å²) in [5.74, 6) is 6.91. The Kier molecular flexibility index (Phi) is 14.4. The van der Waals surface area contributed by atoms with E-state index in [1.165, 1.54) is 72.8 Å². The number of hydrogen-bond donors (Lipinski definition) is 0. The smallest absolute Gasteiger partial charge is 0.223 e. The fourth-order valence-electron chi connectivity index (χ4n) is 5.15. The van der Waals surface area contributed by atoms with E-state index in [9.17, 15) is 5.53 Å². The van der Waals surface area contributed by atoms with E-state index in [-0.39, 0.29) is 16.5 Å². The van der Waals surface area contributed by atoms with Crippen LogP contribution in [0.5, 0.6) is 0 Å². The molecule has 2 nitrogen and oxygen atoms in total. The van der Waals surface area contributed by atoms with Crippen LogP contribution in [0.25, 0.3) is 16.9 Å². The van der Waals surface area contributed by atoms with Crippen molar-refractivity contribution in [2.45, 2.75) is 111 Å². The number of nitrogens with zero attached hydrogens (tertiary/aromatic N) is 2. The molecular weight excluding hydrogens is 507 g/mol. The summed E-state index contributed by atoms with van der Waals surface area (Å²) in [6.07, 6.45) is 15.1. The molecule has 0 saturated carbocycles. The predicted octanol–water partition coefficient (Wildman–Crippen LogP) is 10.4. The van der Waals surface area contributed by atoms with E-state index in [0.717, 1.165) is 60.2 Å². The molecule has 0 saturated heterocycles. The van der Waals surface area contributed by atoms with Crippen molar-refractivity contribution < 1.29 is 21.2 Å². The van der Waals surface area contributed by atoms with Crippen molar-refractivity contribution in [3.63, 3.8) is 0 Å². The third-order valence-corrected chi connectivity index (χ3v) is 7.18. The zero-order valence-corrected chi connectivity index (χ0v) is 25.0. The minimum atomic E-state index is 0. The third kappa shape index (κ3) is 8.81. The molecule has 0 bridgehead atoms. The molecule has 2 aromatic carbocycles. The molecule has 0 atom stereocenters. The van der Waals surface area contributed by atoms with Crippen molar-refractivity contribution in [2.24, 2.45) is 0 Å². The van der Waals surface area contributed by atoms with Crippen LogP contribution in [0.2, 0.25) is 0 Å². The molecule has 0 radical (unpaired) electrons. The van der Waals surface area contributed by atoms with Gasteiger partial charge in [0.2, 0.25) is 11.4 Å². The van der Waals surface area contributed by atoms with Gasteiger partial charge in [-0.15, -0.1) is 0 Å². The van der Waals surface area contributed by atoms with Crippen LogP contribution in [0.15, 0.2) is 59.7 Å². The monoisotopic (exact) mass is 552 g/mol. The van der Waals surface area contributed by atoms with Crippen molar-refractivity contribution in [3.05, 3.63) is 87.5 Å². The second-order valence-corrected chi connectivity index (χ2v) is 10.5. The molecule has 0 unspecified atom stereocenters. The van der Waals surface area contributed by atoms with Gasteiger partial charge in [0.05, 0.1) is 0 Å². The number of hydrogen-bond acceptors (Lipinski definition) is 0. The third-order valence-electron chi connectivity index (χ3n) is 7.18. The Labute approximate surface area is 242 Å². The number of aryl methyl sites for hydroxylation is 2. The van der Waals surface area contributed by atoms with Crippen LogP contribution in [-0.4, -0.2) is 4.70 Å². The van der Waals surface area contributed by atoms with Crippen molar-refractivity contribution in [2.75, 3.05) is 0 Å². The van der Waals surface area contributed by atoms with Gasteiger partial charge in [-0.25, -0.2) is 4.70 Å². The zero-order valence-electron chi connectivity index (χ0n) is 24.0. The Morgan fingerprint density at radius 2 is 1.34 bits per heavy atom. The number of unbranched alkanes of at least 4 members (excludes halogenated alkanes) is 8. The normalized spacial score (nSPS) is 13.0. The van der Waals surface area contributed by atoms with Crippen LogP contribution in [-0.2, 0) is 22.9 Å². The minimum absolute atomic E-state index is 0. The Morgan fingerprint density at radius 1 is 0.711 bits per heavy atom. The molecule has 0 fully saturated rings. The van der Waals surface area contributed by atoms with E-state index in [4.69, 9.17) is 0 Å². The molecule has 0 spiro atoms. The molecule has 1 aliphatic rings. The number of rotatable bonds is 14. The summed E-state index contributed by atoms with van der Waals surface area (Å²) < 4.78 is 1.44. The van der Waals surface area contributed by atoms with E-state index in [0.29, 0.717) is 0 Å². The number of benzene rings is 2. The molecule has 1 heterocycles. The SMILES string of the molecule is CCCC#CC1=C(c2cccc(CCCCCCCC)c2)[N+](=[N-])C(c2cccc(C)c2)=C1CCCCC.[Ni]. The summed E-state index contributed by atoms with van der Waals surface area (Å²) in [6.45, 7) is 8.78. The van der Waals surface area contributed by atoms with E-state index in [2.05, 4.69) is 88.1 Å². The van der Waals surface area contributed by atoms with Gasteiger partial charge in [-0.2, -0.15) is 0 Å². The van der Waals surface area contributed by atoms with Gasteiger partial charge in [0, 0.05) is 39.6 Å². The summed E-state index contributed by atoms with van der Waals surface area (Å²) >= 11 is 0. The quantitative estimate of drug-likeness (QED) is 0.0963. The maximum atomic E-state index is 11.7. The van der Waals surface area contributed by atoms with Gasteiger partial charge in [-0.3, -0.25) is 0 Å². The molecule has 206 valence electrons. The first kappa shape index (κ1) is 31.8. The topological polar surface area (TPSA) is 25.3 Å². The largest absolute Gasteiger partial charge is 0.493 e. The molecule has 0 amide bonds. The first-order chi connectivity index (χ1) is 18.1. The van der Waals surface area contributed by atoms with Gasteiger partial charge in [-0.05, 0) is 68.9 Å². The predicted molar refractivity (Wildman–Crippen MR) is 159 cm³/mol. The second-order valence-electron chi connectivity index (χ2n) is 10.5. The van der Waals surface area contributed by atoms with Crippen molar-refractivity contribution in [1.82, 2.24) is 0 Å². The fraction of sp³-hybridized carbons (Fsp3) is 0.486. The van der Waals surface area contributed by atoms with E-state index < -0.39 is 0 Å². The average molecular weight is 553 g/mol. The second kappa shape index (κ2) is 17.2. The first-order valence-electron chi connectivity index (χ1n) is 14.7. The maximum absolute atomic E-state index is 11.7. The van der Waals surface area contributed by atoms with Gasteiger partial charge in [-0.1, -0.05) is 107 Å². The summed E-state index contributed by atoms with van der Waals surface area (Å²) in [7, 11) is 0. The van der Waals surface area contributed by atoms with Crippen LogP contribution in [0.3, 0.4) is 0 Å². The van der Waals surface area contributed by atoms with Gasteiger partial charge in [0.25, 0.3) is 0 Å². The number of allylic oxidation sites excluding steroid dienone is 2. The summed E-state index contributed by atoms with van der Waals surface area (Å²) in [5.41, 5.74) is 20.3. The van der Waals surface area contributed by atoms with Gasteiger partial charge >= 0.3 is 0 Å². The van der Waals surface area contributed by atoms with Crippen LogP contribution >= 0.6 is 0 Å². The van der Waals surface area contributed by atoms with Crippen molar-refractivity contribution in [3.8, 4) is 11.8 Å². The Morgan fingerprint density at radius 3 is 2.05 bits per heavy atom. The summed E-state index contributed by atoms with van der Waals surface area (Å²) in [5, 5.41) is 0. The summed E-state index contributed by atoms with van der Waals surface area (Å²) in [6, 6.07) is 17.2. The Bertz CT molecular complexity index is 1180. The molecule has 0 aromatic heterocycles. The van der Waals surface area contributed by atoms with Gasteiger partial charge in [0.1, 0.15) is 5.57 Å². The van der Waals surface area contributed by atoms with E-state index in [1.807, 2.05) is 0 Å². The molecule has 2 aromatic rings. The molecule has 3 rings (SSSR count). The minimum Gasteiger partial charge on any atom is -0.493 e. The molecule has 0 N–H and O–H groups in total. The zero-order chi connectivity index (χ0) is 26.5. The molecule has 0 aliphatic carbocycles. The molecule has 1 aliphatic heterocycles. The van der Waals surface area contributed by atoms with Crippen LogP contribution in [0.1, 0.15) is 120 Å². The average Bonchev–Trinajstić information content (AvgIpc) is 3.17. The Balaban J connectivity index is 0.00000507. The fourth-order valence-corrected chi connectivity index (χ4v) is 5.15. The van der Waals surface area contributed by atoms with Crippen molar-refractivity contribution >= 4 is 11.4 Å². The van der Waals surface area contributed by atoms with Crippen molar-refractivity contribution in [1.29, 1.82) is 0 Å². The summed E-state index contributed by atoms with van der Waals surface area (Å²) in [4.78, 5) is 0. The van der Waals surface area contributed by atoms with Crippen LogP contribution in [0.4, 0.5) is 0 Å². The first-order valence-corrected chi connectivity index (χ1v) is 14.7. The molecule has 3 heteroatoms. The standard InChI is InChI=1S/C35H46N2.Ni/c1-5-8-11-12-13-16-20-29-21-18-23-31(27-29)35-33(25-15-10-7-3)32(24-14-9-6-2)34(37(35)36)30-22-17-19-28(4)26-30;/h17-19,21-23,26-27H,5-14,16,20,24H2,1-4H3;. The van der Waals surface area contributed by atoms with Crippen LogP contribution in [0, 0.1) is 18.8 Å². The van der Waals surface area contributed by atoms with Crippen LogP contribution < -0.4 is 0 Å². The van der Waals surface area contributed by atoms with E-state index in [1.54, 1.807) is 0 Å². The molecule has 38 heavy (non-hydrogen) atoms. The van der Waals surface area contributed by atoms with E-state index >= 15 is 0 Å².